The van der Waals surface area contributed by atoms with Gasteiger partial charge >= 0.3 is 5.97 Å². The normalized spacial score (nSPS) is 10.7. The molecule has 3 aromatic rings. The van der Waals surface area contributed by atoms with Crippen LogP contribution in [0.25, 0.3) is 11.0 Å². The molecule has 0 unspecified atom stereocenters. The third-order valence-corrected chi connectivity index (χ3v) is 3.89. The molecule has 0 aliphatic heterocycles. The molecule has 26 heavy (non-hydrogen) atoms. The van der Waals surface area contributed by atoms with E-state index in [9.17, 15) is 9.59 Å². The molecule has 0 radical (unpaired) electrons. The van der Waals surface area contributed by atoms with Crippen LogP contribution in [0.1, 0.15) is 35.9 Å². The van der Waals surface area contributed by atoms with Crippen molar-refractivity contribution in [2.24, 2.45) is 0 Å². The smallest absolute Gasteiger partial charge is 0.343 e. The minimum atomic E-state index is -0.499. The summed E-state index contributed by atoms with van der Waals surface area (Å²) in [7, 11) is 0. The van der Waals surface area contributed by atoms with Crippen LogP contribution in [-0.4, -0.2) is 12.6 Å². The summed E-state index contributed by atoms with van der Waals surface area (Å²) < 4.78 is 16.4. The van der Waals surface area contributed by atoms with Gasteiger partial charge in [0.25, 0.3) is 0 Å². The van der Waals surface area contributed by atoms with E-state index in [0.717, 1.165) is 12.8 Å². The molecule has 5 heteroatoms. The highest BCUT2D eigenvalue weighted by atomic mass is 16.5. The van der Waals surface area contributed by atoms with E-state index in [2.05, 4.69) is 6.92 Å². The van der Waals surface area contributed by atoms with Crippen molar-refractivity contribution in [3.63, 3.8) is 0 Å². The van der Waals surface area contributed by atoms with Crippen LogP contribution in [0.2, 0.25) is 0 Å². The molecule has 5 nitrogen and oxygen atoms in total. The van der Waals surface area contributed by atoms with Gasteiger partial charge in [-0.05, 0) is 55.8 Å². The number of carbonyl (C=O) groups is 1. The van der Waals surface area contributed by atoms with Crippen molar-refractivity contribution in [1.29, 1.82) is 0 Å². The van der Waals surface area contributed by atoms with Gasteiger partial charge in [-0.1, -0.05) is 13.3 Å². The minimum absolute atomic E-state index is 0.171. The van der Waals surface area contributed by atoms with E-state index in [4.69, 9.17) is 13.9 Å². The monoisotopic (exact) mass is 352 g/mol. The van der Waals surface area contributed by atoms with E-state index < -0.39 is 5.97 Å². The second kappa shape index (κ2) is 7.87. The summed E-state index contributed by atoms with van der Waals surface area (Å²) in [4.78, 5) is 24.3. The van der Waals surface area contributed by atoms with Crippen LogP contribution < -0.4 is 14.9 Å². The first kappa shape index (κ1) is 17.7. The summed E-state index contributed by atoms with van der Waals surface area (Å²) in [6, 6.07) is 12.9. The number of rotatable bonds is 6. The average Bonchev–Trinajstić information content (AvgIpc) is 2.63. The molecule has 0 saturated heterocycles. The molecule has 0 atom stereocenters. The van der Waals surface area contributed by atoms with Crippen LogP contribution in [0.15, 0.2) is 57.7 Å². The van der Waals surface area contributed by atoms with Crippen molar-refractivity contribution in [2.45, 2.75) is 26.7 Å². The first-order valence-electron chi connectivity index (χ1n) is 8.56. The number of esters is 1. The van der Waals surface area contributed by atoms with Gasteiger partial charge in [0.15, 0.2) is 5.43 Å². The van der Waals surface area contributed by atoms with Crippen molar-refractivity contribution in [3.8, 4) is 11.5 Å². The van der Waals surface area contributed by atoms with Crippen LogP contribution in [0.3, 0.4) is 0 Å². The standard InChI is InChI=1S/C21H20O5/c1-3-4-11-24-16-7-5-15(6-8-16)21(23)26-17-9-10-20-18(13-17)19(22)12-14(2)25-20/h5-10,12-13H,3-4,11H2,1-2H3. The second-order valence-corrected chi connectivity index (χ2v) is 6.00. The Bertz CT molecular complexity index is 970. The van der Waals surface area contributed by atoms with E-state index >= 15 is 0 Å². The fourth-order valence-corrected chi connectivity index (χ4v) is 2.51. The topological polar surface area (TPSA) is 65.7 Å². The Morgan fingerprint density at radius 3 is 2.50 bits per heavy atom. The Balaban J connectivity index is 1.73. The van der Waals surface area contributed by atoms with E-state index in [1.165, 1.54) is 12.1 Å². The SMILES string of the molecule is CCCCOc1ccc(C(=O)Oc2ccc3oc(C)cc(=O)c3c2)cc1. The molecular weight excluding hydrogens is 332 g/mol. The molecule has 0 amide bonds. The Morgan fingerprint density at radius 1 is 1.04 bits per heavy atom. The number of benzene rings is 2. The zero-order chi connectivity index (χ0) is 18.5. The maximum absolute atomic E-state index is 12.3. The number of ether oxygens (including phenoxy) is 2. The van der Waals surface area contributed by atoms with Gasteiger partial charge in [0.2, 0.25) is 0 Å². The Morgan fingerprint density at radius 2 is 1.77 bits per heavy atom. The first-order chi connectivity index (χ1) is 12.6. The Labute approximate surface area is 151 Å². The summed E-state index contributed by atoms with van der Waals surface area (Å²) in [5.41, 5.74) is 0.697. The third-order valence-electron chi connectivity index (χ3n) is 3.89. The molecule has 0 bridgehead atoms. The van der Waals surface area contributed by atoms with Crippen LogP contribution in [0, 0.1) is 6.92 Å². The highest BCUT2D eigenvalue weighted by Crippen LogP contribution is 2.21. The molecule has 0 aliphatic rings. The molecule has 0 saturated carbocycles. The molecule has 1 heterocycles. The predicted octanol–water partition coefficient (Wildman–Crippen LogP) is 4.50. The fourth-order valence-electron chi connectivity index (χ4n) is 2.51. The van der Waals surface area contributed by atoms with E-state index in [1.807, 2.05) is 0 Å². The molecule has 1 aromatic heterocycles. The predicted molar refractivity (Wildman–Crippen MR) is 99.0 cm³/mol. The largest absolute Gasteiger partial charge is 0.494 e. The van der Waals surface area contributed by atoms with E-state index in [0.29, 0.717) is 40.4 Å². The Kier molecular flexibility index (Phi) is 5.37. The lowest BCUT2D eigenvalue weighted by molar-refractivity contribution is 0.0735. The van der Waals surface area contributed by atoms with Gasteiger partial charge < -0.3 is 13.9 Å². The second-order valence-electron chi connectivity index (χ2n) is 6.00. The number of hydrogen-bond acceptors (Lipinski definition) is 5. The van der Waals surface area contributed by atoms with Crippen molar-refractivity contribution in [2.75, 3.05) is 6.61 Å². The number of carbonyl (C=O) groups excluding carboxylic acids is 1. The summed E-state index contributed by atoms with van der Waals surface area (Å²) in [6.07, 6.45) is 2.05. The van der Waals surface area contributed by atoms with Gasteiger partial charge in [0, 0.05) is 6.07 Å². The zero-order valence-electron chi connectivity index (χ0n) is 14.8. The first-order valence-corrected chi connectivity index (χ1v) is 8.56. The molecule has 134 valence electrons. The number of fused-ring (bicyclic) bond motifs is 1. The molecule has 0 fully saturated rings. The number of hydrogen-bond donors (Lipinski definition) is 0. The molecule has 2 aromatic carbocycles. The number of unbranched alkanes of at least 4 members (excludes halogenated alkanes) is 1. The van der Waals surface area contributed by atoms with Gasteiger partial charge in [-0.15, -0.1) is 0 Å². The van der Waals surface area contributed by atoms with Gasteiger partial charge in [-0.3, -0.25) is 4.79 Å². The van der Waals surface area contributed by atoms with E-state index in [1.54, 1.807) is 43.3 Å². The highest BCUT2D eigenvalue weighted by Gasteiger charge is 2.11. The molecule has 0 N–H and O–H groups in total. The summed E-state index contributed by atoms with van der Waals surface area (Å²) in [5.74, 6) is 1.05. The fraction of sp³-hybridized carbons (Fsp3) is 0.238. The van der Waals surface area contributed by atoms with Gasteiger partial charge in [-0.25, -0.2) is 4.79 Å². The molecule has 0 spiro atoms. The van der Waals surface area contributed by atoms with Crippen molar-refractivity contribution in [1.82, 2.24) is 0 Å². The van der Waals surface area contributed by atoms with Crippen molar-refractivity contribution >= 4 is 16.9 Å². The average molecular weight is 352 g/mol. The summed E-state index contributed by atoms with van der Waals surface area (Å²) in [6.45, 7) is 4.46. The quantitative estimate of drug-likeness (QED) is 0.371. The van der Waals surface area contributed by atoms with Gasteiger partial charge in [0.05, 0.1) is 17.6 Å². The van der Waals surface area contributed by atoms with Crippen LogP contribution in [0.4, 0.5) is 0 Å². The highest BCUT2D eigenvalue weighted by molar-refractivity contribution is 5.91. The lowest BCUT2D eigenvalue weighted by atomic mass is 10.2. The lowest BCUT2D eigenvalue weighted by Gasteiger charge is -2.07. The van der Waals surface area contributed by atoms with E-state index in [-0.39, 0.29) is 5.43 Å². The maximum Gasteiger partial charge on any atom is 0.343 e. The van der Waals surface area contributed by atoms with Gasteiger partial charge in [-0.2, -0.15) is 0 Å². The zero-order valence-corrected chi connectivity index (χ0v) is 14.8. The summed E-state index contributed by atoms with van der Waals surface area (Å²) in [5, 5.41) is 0.376. The lowest BCUT2D eigenvalue weighted by Crippen LogP contribution is -2.09. The summed E-state index contributed by atoms with van der Waals surface area (Å²) >= 11 is 0. The van der Waals surface area contributed by atoms with Crippen LogP contribution >= 0.6 is 0 Å². The van der Waals surface area contributed by atoms with Crippen LogP contribution in [0.5, 0.6) is 11.5 Å². The molecule has 0 aliphatic carbocycles. The number of aryl methyl sites for hydroxylation is 1. The van der Waals surface area contributed by atoms with Gasteiger partial charge in [0.1, 0.15) is 22.8 Å². The molecule has 3 rings (SSSR count). The maximum atomic E-state index is 12.3. The van der Waals surface area contributed by atoms with Crippen molar-refractivity contribution < 1.29 is 18.7 Å². The van der Waals surface area contributed by atoms with Crippen molar-refractivity contribution in [3.05, 3.63) is 70.1 Å². The third kappa shape index (κ3) is 4.11. The minimum Gasteiger partial charge on any atom is -0.494 e. The van der Waals surface area contributed by atoms with Crippen LogP contribution in [-0.2, 0) is 0 Å². The Hall–Kier alpha value is -3.08. The molecular formula is C21H20O5.